The summed E-state index contributed by atoms with van der Waals surface area (Å²) in [5.41, 5.74) is 1.21. The average molecular weight is 241 g/mol. The second kappa shape index (κ2) is 6.89. The van der Waals surface area contributed by atoms with E-state index in [1.165, 1.54) is 5.56 Å². The summed E-state index contributed by atoms with van der Waals surface area (Å²) in [6.45, 7) is 6.34. The van der Waals surface area contributed by atoms with E-state index in [1.54, 1.807) is 0 Å². The second-order valence-electron chi connectivity index (χ2n) is 4.26. The summed E-state index contributed by atoms with van der Waals surface area (Å²) >= 11 is 6.15. The molecule has 90 valence electrons. The molecular formula is C13H21ClN2. The van der Waals surface area contributed by atoms with Crippen molar-refractivity contribution in [3.63, 3.8) is 0 Å². The third kappa shape index (κ3) is 4.52. The van der Waals surface area contributed by atoms with E-state index in [4.69, 9.17) is 11.6 Å². The molecule has 0 saturated carbocycles. The van der Waals surface area contributed by atoms with E-state index in [9.17, 15) is 0 Å². The van der Waals surface area contributed by atoms with Gasteiger partial charge in [-0.2, -0.15) is 0 Å². The van der Waals surface area contributed by atoms with Crippen LogP contribution in [-0.4, -0.2) is 43.5 Å². The predicted molar refractivity (Wildman–Crippen MR) is 71.0 cm³/mol. The molecule has 1 rings (SSSR count). The maximum absolute atomic E-state index is 6.15. The highest BCUT2D eigenvalue weighted by atomic mass is 35.5. The van der Waals surface area contributed by atoms with Crippen molar-refractivity contribution in [2.45, 2.75) is 13.5 Å². The molecule has 0 unspecified atom stereocenters. The van der Waals surface area contributed by atoms with Crippen molar-refractivity contribution in [2.75, 3.05) is 33.7 Å². The van der Waals surface area contributed by atoms with Crippen molar-refractivity contribution in [2.24, 2.45) is 0 Å². The van der Waals surface area contributed by atoms with E-state index < -0.39 is 0 Å². The van der Waals surface area contributed by atoms with Gasteiger partial charge in [-0.1, -0.05) is 36.7 Å². The van der Waals surface area contributed by atoms with Crippen LogP contribution in [0, 0.1) is 0 Å². The molecule has 0 amide bonds. The molecule has 0 aliphatic heterocycles. The summed E-state index contributed by atoms with van der Waals surface area (Å²) < 4.78 is 0. The molecule has 0 bridgehead atoms. The Kier molecular flexibility index (Phi) is 5.81. The lowest BCUT2D eigenvalue weighted by atomic mass is 10.2. The van der Waals surface area contributed by atoms with Gasteiger partial charge in [-0.25, -0.2) is 0 Å². The van der Waals surface area contributed by atoms with E-state index >= 15 is 0 Å². The van der Waals surface area contributed by atoms with Gasteiger partial charge in [0.2, 0.25) is 0 Å². The van der Waals surface area contributed by atoms with Crippen molar-refractivity contribution in [1.82, 2.24) is 9.80 Å². The van der Waals surface area contributed by atoms with E-state index in [0.29, 0.717) is 0 Å². The van der Waals surface area contributed by atoms with E-state index in [-0.39, 0.29) is 0 Å². The Balaban J connectivity index is 2.53. The van der Waals surface area contributed by atoms with Crippen molar-refractivity contribution in [1.29, 1.82) is 0 Å². The van der Waals surface area contributed by atoms with Gasteiger partial charge >= 0.3 is 0 Å². The van der Waals surface area contributed by atoms with Gasteiger partial charge in [-0.3, -0.25) is 4.90 Å². The highest BCUT2D eigenvalue weighted by Crippen LogP contribution is 2.16. The van der Waals surface area contributed by atoms with Crippen molar-refractivity contribution in [3.8, 4) is 0 Å². The quantitative estimate of drug-likeness (QED) is 0.755. The van der Waals surface area contributed by atoms with Gasteiger partial charge in [0.1, 0.15) is 0 Å². The maximum Gasteiger partial charge on any atom is 0.0451 e. The Morgan fingerprint density at radius 1 is 1.12 bits per heavy atom. The van der Waals surface area contributed by atoms with Gasteiger partial charge in [0.25, 0.3) is 0 Å². The zero-order valence-electron chi connectivity index (χ0n) is 10.4. The summed E-state index contributed by atoms with van der Waals surface area (Å²) in [5, 5.41) is 0.866. The molecule has 0 saturated heterocycles. The van der Waals surface area contributed by atoms with E-state index in [2.05, 4.69) is 36.9 Å². The lowest BCUT2D eigenvalue weighted by Crippen LogP contribution is -2.31. The standard InChI is InChI=1S/C13H21ClN2/c1-4-16(10-9-15(2)3)11-12-7-5-6-8-13(12)14/h5-8H,4,9-11H2,1-3H3. The first kappa shape index (κ1) is 13.5. The van der Waals surface area contributed by atoms with Gasteiger partial charge in [0.15, 0.2) is 0 Å². The van der Waals surface area contributed by atoms with Gasteiger partial charge in [0, 0.05) is 24.7 Å². The number of likely N-dealkylation sites (N-methyl/N-ethyl adjacent to an activating group) is 2. The largest absolute Gasteiger partial charge is 0.308 e. The summed E-state index contributed by atoms with van der Waals surface area (Å²) in [5.74, 6) is 0. The van der Waals surface area contributed by atoms with Crippen LogP contribution in [0.15, 0.2) is 24.3 Å². The smallest absolute Gasteiger partial charge is 0.0451 e. The molecule has 1 aromatic rings. The molecule has 3 heteroatoms. The van der Waals surface area contributed by atoms with Crippen molar-refractivity contribution in [3.05, 3.63) is 34.9 Å². The molecule has 0 atom stereocenters. The van der Waals surface area contributed by atoms with Crippen LogP contribution in [0.4, 0.5) is 0 Å². The first-order valence-electron chi connectivity index (χ1n) is 5.74. The number of nitrogens with zero attached hydrogens (tertiary/aromatic N) is 2. The van der Waals surface area contributed by atoms with Crippen molar-refractivity contribution < 1.29 is 0 Å². The summed E-state index contributed by atoms with van der Waals surface area (Å²) in [4.78, 5) is 4.61. The minimum absolute atomic E-state index is 0.866. The predicted octanol–water partition coefficient (Wildman–Crippen LogP) is 2.72. The molecular weight excluding hydrogens is 220 g/mol. The van der Waals surface area contributed by atoms with Crippen LogP contribution in [0.5, 0.6) is 0 Å². The van der Waals surface area contributed by atoms with Gasteiger partial charge in [-0.05, 0) is 32.3 Å². The van der Waals surface area contributed by atoms with Gasteiger partial charge in [-0.15, -0.1) is 0 Å². The van der Waals surface area contributed by atoms with Crippen LogP contribution in [0.3, 0.4) is 0 Å². The Morgan fingerprint density at radius 3 is 2.38 bits per heavy atom. The number of halogens is 1. The fourth-order valence-electron chi connectivity index (χ4n) is 1.56. The first-order chi connectivity index (χ1) is 7.63. The van der Waals surface area contributed by atoms with Gasteiger partial charge < -0.3 is 4.90 Å². The van der Waals surface area contributed by atoms with Crippen LogP contribution in [0.25, 0.3) is 0 Å². The number of hydrogen-bond acceptors (Lipinski definition) is 2. The minimum atomic E-state index is 0.866. The maximum atomic E-state index is 6.15. The highest BCUT2D eigenvalue weighted by molar-refractivity contribution is 6.31. The van der Waals surface area contributed by atoms with E-state index in [0.717, 1.165) is 31.2 Å². The van der Waals surface area contributed by atoms with E-state index in [1.807, 2.05) is 18.2 Å². The highest BCUT2D eigenvalue weighted by Gasteiger charge is 2.06. The molecule has 2 nitrogen and oxygen atoms in total. The summed E-state index contributed by atoms with van der Waals surface area (Å²) in [6.07, 6.45) is 0. The van der Waals surface area contributed by atoms with Crippen LogP contribution in [0.1, 0.15) is 12.5 Å². The number of hydrogen-bond donors (Lipinski definition) is 0. The number of rotatable bonds is 6. The lowest BCUT2D eigenvalue weighted by molar-refractivity contribution is 0.244. The monoisotopic (exact) mass is 240 g/mol. The molecule has 0 heterocycles. The Morgan fingerprint density at radius 2 is 1.81 bits per heavy atom. The molecule has 0 spiro atoms. The number of benzene rings is 1. The first-order valence-corrected chi connectivity index (χ1v) is 6.11. The fourth-order valence-corrected chi connectivity index (χ4v) is 1.75. The molecule has 0 aliphatic carbocycles. The fraction of sp³-hybridized carbons (Fsp3) is 0.538. The van der Waals surface area contributed by atoms with Crippen molar-refractivity contribution >= 4 is 11.6 Å². The van der Waals surface area contributed by atoms with Gasteiger partial charge in [0.05, 0.1) is 0 Å². The van der Waals surface area contributed by atoms with Crippen LogP contribution >= 0.6 is 11.6 Å². The molecule has 0 radical (unpaired) electrons. The third-order valence-electron chi connectivity index (χ3n) is 2.66. The average Bonchev–Trinajstić information content (AvgIpc) is 2.26. The molecule has 0 aromatic heterocycles. The third-order valence-corrected chi connectivity index (χ3v) is 3.03. The zero-order chi connectivity index (χ0) is 12.0. The van der Waals surface area contributed by atoms with Crippen LogP contribution in [0.2, 0.25) is 5.02 Å². The lowest BCUT2D eigenvalue weighted by Gasteiger charge is -2.22. The Hall–Kier alpha value is -0.570. The molecule has 0 N–H and O–H groups in total. The van der Waals surface area contributed by atoms with Crippen LogP contribution < -0.4 is 0 Å². The molecule has 16 heavy (non-hydrogen) atoms. The summed E-state index contributed by atoms with van der Waals surface area (Å²) in [7, 11) is 4.20. The second-order valence-corrected chi connectivity index (χ2v) is 4.67. The molecule has 0 aliphatic rings. The Bertz CT molecular complexity index is 313. The summed E-state index contributed by atoms with van der Waals surface area (Å²) in [6, 6.07) is 8.07. The minimum Gasteiger partial charge on any atom is -0.308 e. The van der Waals surface area contributed by atoms with Crippen LogP contribution in [-0.2, 0) is 6.54 Å². The Labute approximate surface area is 104 Å². The molecule has 0 fully saturated rings. The normalized spacial score (nSPS) is 11.4. The molecule has 1 aromatic carbocycles. The topological polar surface area (TPSA) is 6.48 Å². The zero-order valence-corrected chi connectivity index (χ0v) is 11.2. The SMILES string of the molecule is CCN(CCN(C)C)Cc1ccccc1Cl.